The molecule has 1 unspecified atom stereocenters. The number of anilines is 1. The summed E-state index contributed by atoms with van der Waals surface area (Å²) in [6.07, 6.45) is 1.32. The van der Waals surface area contributed by atoms with Crippen LogP contribution in [0.5, 0.6) is 0 Å². The normalized spacial score (nSPS) is 15.9. The SMILES string of the molecule is Cc1nc(-c2ccccc2)sc1C(=O)C1=C(O)C(=O)N(c2cc(F)ccc2F)C1c1ccco1. The minimum Gasteiger partial charge on any atom is -0.503 e. The molecular formula is C25H16F2N2O4S. The Morgan fingerprint density at radius 1 is 1.12 bits per heavy atom. The maximum absolute atomic E-state index is 14.7. The van der Waals surface area contributed by atoms with E-state index >= 15 is 0 Å². The molecule has 1 aliphatic rings. The number of Topliss-reactive ketones (excluding diaryl/α,β-unsaturated/α-hetero) is 1. The van der Waals surface area contributed by atoms with E-state index in [4.69, 9.17) is 4.42 Å². The third kappa shape index (κ3) is 3.50. The smallest absolute Gasteiger partial charge is 0.294 e. The number of hydrogen-bond donors (Lipinski definition) is 1. The van der Waals surface area contributed by atoms with Gasteiger partial charge >= 0.3 is 0 Å². The number of rotatable bonds is 5. The van der Waals surface area contributed by atoms with Gasteiger partial charge in [0.2, 0.25) is 5.78 Å². The molecular weight excluding hydrogens is 462 g/mol. The van der Waals surface area contributed by atoms with Crippen molar-refractivity contribution >= 4 is 28.7 Å². The van der Waals surface area contributed by atoms with Gasteiger partial charge in [-0.25, -0.2) is 13.8 Å². The second kappa shape index (κ2) is 8.35. The Kier molecular flexibility index (Phi) is 5.33. The standard InChI is InChI=1S/C25H16F2N2O4S/c1-13-23(34-24(28-13)14-6-3-2-4-7-14)21(30)19-20(18-8-5-11-33-18)29(25(32)22(19)31)17-12-15(26)9-10-16(17)27/h2-12,20,31H,1H3. The molecule has 1 atom stereocenters. The zero-order valence-corrected chi connectivity index (χ0v) is 18.5. The van der Waals surface area contributed by atoms with Gasteiger partial charge in [0.1, 0.15) is 28.4 Å². The molecule has 0 radical (unpaired) electrons. The van der Waals surface area contributed by atoms with Gasteiger partial charge in [-0.05, 0) is 31.2 Å². The predicted molar refractivity (Wildman–Crippen MR) is 122 cm³/mol. The number of halogens is 2. The molecule has 34 heavy (non-hydrogen) atoms. The van der Waals surface area contributed by atoms with Crippen LogP contribution in [-0.4, -0.2) is 21.8 Å². The van der Waals surface area contributed by atoms with E-state index in [-0.39, 0.29) is 16.2 Å². The van der Waals surface area contributed by atoms with Crippen molar-refractivity contribution in [3.63, 3.8) is 0 Å². The first-order valence-electron chi connectivity index (χ1n) is 10.2. The summed E-state index contributed by atoms with van der Waals surface area (Å²) in [5.41, 5.74) is 0.498. The second-order valence-corrected chi connectivity index (χ2v) is 8.58. The number of carbonyl (C=O) groups is 2. The van der Waals surface area contributed by atoms with Crippen LogP contribution in [-0.2, 0) is 4.79 Å². The number of nitrogens with zero attached hydrogens (tertiary/aromatic N) is 2. The number of aryl methyl sites for hydroxylation is 1. The number of ketones is 1. The molecule has 0 spiro atoms. The van der Waals surface area contributed by atoms with Gasteiger partial charge in [0, 0.05) is 11.6 Å². The van der Waals surface area contributed by atoms with Crippen molar-refractivity contribution in [2.45, 2.75) is 13.0 Å². The molecule has 2 aromatic heterocycles. The van der Waals surface area contributed by atoms with E-state index in [9.17, 15) is 23.5 Å². The number of hydrogen-bond acceptors (Lipinski definition) is 6. The average molecular weight is 478 g/mol. The van der Waals surface area contributed by atoms with Gasteiger partial charge in [0.25, 0.3) is 5.91 Å². The molecule has 0 fully saturated rings. The van der Waals surface area contributed by atoms with Crippen LogP contribution >= 0.6 is 11.3 Å². The predicted octanol–water partition coefficient (Wildman–Crippen LogP) is 5.77. The van der Waals surface area contributed by atoms with Crippen molar-refractivity contribution in [3.8, 4) is 10.6 Å². The van der Waals surface area contributed by atoms with Crippen LogP contribution in [0.15, 0.2) is 82.7 Å². The lowest BCUT2D eigenvalue weighted by molar-refractivity contribution is -0.117. The first-order chi connectivity index (χ1) is 16.4. The van der Waals surface area contributed by atoms with E-state index in [0.717, 1.165) is 40.0 Å². The highest BCUT2D eigenvalue weighted by atomic mass is 32.1. The molecule has 9 heteroatoms. The highest BCUT2D eigenvalue weighted by molar-refractivity contribution is 7.17. The number of amides is 1. The van der Waals surface area contributed by atoms with Crippen LogP contribution in [0, 0.1) is 18.6 Å². The van der Waals surface area contributed by atoms with Crippen molar-refractivity contribution in [1.82, 2.24) is 4.98 Å². The third-order valence-corrected chi connectivity index (χ3v) is 6.66. The summed E-state index contributed by atoms with van der Waals surface area (Å²) in [5.74, 6) is -4.12. The Morgan fingerprint density at radius 3 is 2.59 bits per heavy atom. The number of aliphatic hydroxyl groups is 1. The van der Waals surface area contributed by atoms with Crippen LogP contribution in [0.3, 0.4) is 0 Å². The maximum atomic E-state index is 14.7. The molecule has 3 heterocycles. The van der Waals surface area contributed by atoms with E-state index in [1.807, 2.05) is 30.3 Å². The first-order valence-corrected chi connectivity index (χ1v) is 11.0. The summed E-state index contributed by atoms with van der Waals surface area (Å²) in [6, 6.07) is 13.6. The highest BCUT2D eigenvalue weighted by Gasteiger charge is 2.47. The zero-order valence-electron chi connectivity index (χ0n) is 17.7. The van der Waals surface area contributed by atoms with Gasteiger partial charge in [-0.15, -0.1) is 11.3 Å². The fourth-order valence-electron chi connectivity index (χ4n) is 3.91. The van der Waals surface area contributed by atoms with Gasteiger partial charge in [-0.2, -0.15) is 0 Å². The fraction of sp³-hybridized carbons (Fsp3) is 0.0800. The zero-order chi connectivity index (χ0) is 24.0. The summed E-state index contributed by atoms with van der Waals surface area (Å²) >= 11 is 1.11. The van der Waals surface area contributed by atoms with Crippen molar-refractivity contribution in [2.75, 3.05) is 4.90 Å². The summed E-state index contributed by atoms with van der Waals surface area (Å²) in [6.45, 7) is 1.65. The number of aromatic nitrogens is 1. The van der Waals surface area contributed by atoms with Crippen molar-refractivity contribution in [1.29, 1.82) is 0 Å². The average Bonchev–Trinajstić information content (AvgIpc) is 3.55. The van der Waals surface area contributed by atoms with Crippen molar-refractivity contribution < 1.29 is 27.9 Å². The molecule has 0 bridgehead atoms. The molecule has 2 aromatic carbocycles. The number of benzene rings is 2. The van der Waals surface area contributed by atoms with Gasteiger partial charge in [-0.1, -0.05) is 30.3 Å². The quantitative estimate of drug-likeness (QED) is 0.368. The lowest BCUT2D eigenvalue weighted by atomic mass is 9.99. The summed E-state index contributed by atoms with van der Waals surface area (Å²) in [7, 11) is 0. The Morgan fingerprint density at radius 2 is 1.88 bits per heavy atom. The summed E-state index contributed by atoms with van der Waals surface area (Å²) < 4.78 is 34.1. The molecule has 6 nitrogen and oxygen atoms in total. The summed E-state index contributed by atoms with van der Waals surface area (Å²) in [4.78, 5) is 32.2. The van der Waals surface area contributed by atoms with Gasteiger partial charge in [-0.3, -0.25) is 14.5 Å². The Labute approximate surface area is 196 Å². The van der Waals surface area contributed by atoms with Crippen LogP contribution in [0.2, 0.25) is 0 Å². The van der Waals surface area contributed by atoms with E-state index in [2.05, 4.69) is 4.98 Å². The highest BCUT2D eigenvalue weighted by Crippen LogP contribution is 2.44. The second-order valence-electron chi connectivity index (χ2n) is 7.58. The number of thiazole rings is 1. The minimum absolute atomic E-state index is 0.106. The largest absolute Gasteiger partial charge is 0.503 e. The summed E-state index contributed by atoms with van der Waals surface area (Å²) in [5, 5.41) is 11.4. The molecule has 170 valence electrons. The molecule has 0 saturated heterocycles. The monoisotopic (exact) mass is 478 g/mol. The van der Waals surface area contributed by atoms with E-state index in [1.54, 1.807) is 6.92 Å². The topological polar surface area (TPSA) is 83.6 Å². The van der Waals surface area contributed by atoms with Crippen molar-refractivity contribution in [2.24, 2.45) is 0 Å². The van der Waals surface area contributed by atoms with E-state index in [1.165, 1.54) is 18.4 Å². The molecule has 0 saturated carbocycles. The first kappa shape index (κ1) is 21.7. The molecule has 1 amide bonds. The fourth-order valence-corrected chi connectivity index (χ4v) is 4.93. The lowest BCUT2D eigenvalue weighted by Gasteiger charge is -2.25. The Balaban J connectivity index is 1.63. The van der Waals surface area contributed by atoms with Crippen LogP contribution < -0.4 is 4.90 Å². The van der Waals surface area contributed by atoms with Gasteiger partial charge in [0.15, 0.2) is 5.76 Å². The Bertz CT molecular complexity index is 1450. The molecule has 1 aliphatic heterocycles. The minimum atomic E-state index is -1.30. The number of carbonyl (C=O) groups excluding carboxylic acids is 2. The molecule has 4 aromatic rings. The number of furan rings is 1. The number of aliphatic hydroxyl groups excluding tert-OH is 1. The maximum Gasteiger partial charge on any atom is 0.294 e. The van der Waals surface area contributed by atoms with Crippen LogP contribution in [0.25, 0.3) is 10.6 Å². The van der Waals surface area contributed by atoms with Crippen LogP contribution in [0.1, 0.15) is 27.2 Å². The van der Waals surface area contributed by atoms with Gasteiger partial charge in [0.05, 0.1) is 28.1 Å². The van der Waals surface area contributed by atoms with Crippen LogP contribution in [0.4, 0.5) is 14.5 Å². The van der Waals surface area contributed by atoms with Gasteiger partial charge < -0.3 is 9.52 Å². The van der Waals surface area contributed by atoms with E-state index in [0.29, 0.717) is 10.7 Å². The molecule has 0 aliphatic carbocycles. The lowest BCUT2D eigenvalue weighted by Crippen LogP contribution is -2.31. The van der Waals surface area contributed by atoms with Crippen molar-refractivity contribution in [3.05, 3.63) is 106 Å². The molecule has 1 N–H and O–H groups in total. The third-order valence-electron chi connectivity index (χ3n) is 5.46. The molecule has 5 rings (SSSR count). The van der Waals surface area contributed by atoms with E-state index < -0.39 is 40.8 Å². The Hall–Kier alpha value is -4.11.